The Labute approximate surface area is 125 Å². The molecule has 0 fully saturated rings. The smallest absolute Gasteiger partial charge is 0.243 e. The Morgan fingerprint density at radius 2 is 1.86 bits per heavy atom. The molecule has 1 unspecified atom stereocenters. The van der Waals surface area contributed by atoms with Crippen molar-refractivity contribution in [3.8, 4) is 0 Å². The average Bonchev–Trinajstić information content (AvgIpc) is 2.46. The fourth-order valence-corrected chi connectivity index (χ4v) is 2.10. The van der Waals surface area contributed by atoms with Crippen LogP contribution in [0.3, 0.4) is 0 Å². The number of amides is 2. The highest BCUT2D eigenvalue weighted by atomic mass is 16.2. The molecule has 0 saturated heterocycles. The quantitative estimate of drug-likeness (QED) is 0.668. The molecule has 0 aliphatic rings. The number of nitrogens with one attached hydrogen (secondary N) is 2. The number of carbonyl (C=O) groups excluding carboxylic acids is 3. The fourth-order valence-electron chi connectivity index (χ4n) is 2.10. The highest BCUT2D eigenvalue weighted by Crippen LogP contribution is 2.06. The van der Waals surface area contributed by atoms with Crippen molar-refractivity contribution in [3.63, 3.8) is 0 Å². The summed E-state index contributed by atoms with van der Waals surface area (Å²) < 4.78 is 0. The van der Waals surface area contributed by atoms with Crippen molar-refractivity contribution in [2.75, 3.05) is 0 Å². The van der Waals surface area contributed by atoms with Crippen LogP contribution in [-0.4, -0.2) is 30.7 Å². The molecule has 2 atom stereocenters. The standard InChI is InChI=1S/C16H22N2O3/c1-12(2)8-14(10-19)18-16(21)15(17-11-20)9-13-6-4-3-5-7-13/h3-7,10-12,14-15H,8-9H2,1-2H3,(H,17,20)(H,18,21)/t14?,15-/m0/s1. The van der Waals surface area contributed by atoms with E-state index in [1.165, 1.54) is 0 Å². The molecule has 1 rings (SSSR count). The SMILES string of the molecule is CC(C)CC(C=O)NC(=O)[C@H](Cc1ccccc1)NC=O. The molecular formula is C16H22N2O3. The highest BCUT2D eigenvalue weighted by molar-refractivity contribution is 5.86. The average molecular weight is 290 g/mol. The molecule has 0 aliphatic heterocycles. The van der Waals surface area contributed by atoms with E-state index in [9.17, 15) is 14.4 Å². The van der Waals surface area contributed by atoms with E-state index in [1.807, 2.05) is 44.2 Å². The van der Waals surface area contributed by atoms with Crippen LogP contribution in [0.15, 0.2) is 30.3 Å². The van der Waals surface area contributed by atoms with Crippen LogP contribution in [0.4, 0.5) is 0 Å². The van der Waals surface area contributed by atoms with Crippen LogP contribution < -0.4 is 10.6 Å². The molecule has 1 aromatic carbocycles. The Hall–Kier alpha value is -2.17. The lowest BCUT2D eigenvalue weighted by atomic mass is 10.0. The Bertz CT molecular complexity index is 460. The van der Waals surface area contributed by atoms with Crippen LogP contribution in [0, 0.1) is 5.92 Å². The van der Waals surface area contributed by atoms with Crippen molar-refractivity contribution < 1.29 is 14.4 Å². The normalized spacial score (nSPS) is 13.3. The highest BCUT2D eigenvalue weighted by Gasteiger charge is 2.21. The van der Waals surface area contributed by atoms with E-state index in [1.54, 1.807) is 0 Å². The maximum atomic E-state index is 12.2. The lowest BCUT2D eigenvalue weighted by molar-refractivity contribution is -0.127. The van der Waals surface area contributed by atoms with Crippen molar-refractivity contribution in [2.24, 2.45) is 5.92 Å². The third kappa shape index (κ3) is 6.21. The van der Waals surface area contributed by atoms with Crippen molar-refractivity contribution in [1.29, 1.82) is 0 Å². The second-order valence-corrected chi connectivity index (χ2v) is 5.41. The van der Waals surface area contributed by atoms with Gasteiger partial charge in [0.1, 0.15) is 12.3 Å². The van der Waals surface area contributed by atoms with Gasteiger partial charge in [-0.15, -0.1) is 0 Å². The molecule has 5 nitrogen and oxygen atoms in total. The van der Waals surface area contributed by atoms with Gasteiger partial charge in [0.15, 0.2) is 0 Å². The Balaban J connectivity index is 2.68. The molecule has 5 heteroatoms. The molecule has 114 valence electrons. The number of benzene rings is 1. The van der Waals surface area contributed by atoms with E-state index >= 15 is 0 Å². The van der Waals surface area contributed by atoms with Crippen LogP contribution in [0.2, 0.25) is 0 Å². The van der Waals surface area contributed by atoms with Crippen LogP contribution in [0.1, 0.15) is 25.8 Å². The summed E-state index contributed by atoms with van der Waals surface area (Å²) in [4.78, 5) is 33.9. The molecule has 0 spiro atoms. The molecule has 21 heavy (non-hydrogen) atoms. The van der Waals surface area contributed by atoms with E-state index in [-0.39, 0.29) is 5.91 Å². The van der Waals surface area contributed by atoms with Gasteiger partial charge in [-0.25, -0.2) is 0 Å². The number of aldehydes is 1. The molecule has 0 aromatic heterocycles. The molecule has 0 radical (unpaired) electrons. The first-order valence-electron chi connectivity index (χ1n) is 7.06. The summed E-state index contributed by atoms with van der Waals surface area (Å²) in [6, 6.07) is 8.20. The number of hydrogen-bond acceptors (Lipinski definition) is 3. The summed E-state index contributed by atoms with van der Waals surface area (Å²) >= 11 is 0. The van der Waals surface area contributed by atoms with E-state index in [0.717, 1.165) is 11.8 Å². The van der Waals surface area contributed by atoms with Gasteiger partial charge in [-0.05, 0) is 17.9 Å². The zero-order chi connectivity index (χ0) is 15.7. The van der Waals surface area contributed by atoms with Crippen LogP contribution >= 0.6 is 0 Å². The first kappa shape index (κ1) is 16.9. The van der Waals surface area contributed by atoms with Gasteiger partial charge in [0.25, 0.3) is 0 Å². The van der Waals surface area contributed by atoms with Crippen LogP contribution in [0.25, 0.3) is 0 Å². The molecule has 0 heterocycles. The van der Waals surface area contributed by atoms with Gasteiger partial charge in [-0.1, -0.05) is 44.2 Å². The molecule has 0 bridgehead atoms. The minimum Gasteiger partial charge on any atom is -0.347 e. The van der Waals surface area contributed by atoms with Crippen molar-refractivity contribution >= 4 is 18.6 Å². The van der Waals surface area contributed by atoms with Crippen molar-refractivity contribution in [2.45, 2.75) is 38.8 Å². The van der Waals surface area contributed by atoms with Crippen LogP contribution in [0.5, 0.6) is 0 Å². The molecule has 1 aromatic rings. The summed E-state index contributed by atoms with van der Waals surface area (Å²) in [7, 11) is 0. The maximum absolute atomic E-state index is 12.2. The number of carbonyl (C=O) groups is 3. The first-order chi connectivity index (χ1) is 10.1. The van der Waals surface area contributed by atoms with E-state index < -0.39 is 12.1 Å². The summed E-state index contributed by atoms with van der Waals surface area (Å²) in [6.07, 6.45) is 2.21. The van der Waals surface area contributed by atoms with Gasteiger partial charge in [0.05, 0.1) is 6.04 Å². The van der Waals surface area contributed by atoms with Gasteiger partial charge >= 0.3 is 0 Å². The van der Waals surface area contributed by atoms with Crippen molar-refractivity contribution in [1.82, 2.24) is 10.6 Å². The van der Waals surface area contributed by atoms with E-state index in [4.69, 9.17) is 0 Å². The number of hydrogen-bond donors (Lipinski definition) is 2. The predicted octanol–water partition coefficient (Wildman–Crippen LogP) is 1.07. The Morgan fingerprint density at radius 1 is 1.19 bits per heavy atom. The summed E-state index contributed by atoms with van der Waals surface area (Å²) in [6.45, 7) is 3.96. The molecular weight excluding hydrogens is 268 g/mol. The topological polar surface area (TPSA) is 75.3 Å². The Morgan fingerprint density at radius 3 is 2.38 bits per heavy atom. The summed E-state index contributed by atoms with van der Waals surface area (Å²) in [5.74, 6) is -0.0455. The predicted molar refractivity (Wildman–Crippen MR) is 80.6 cm³/mol. The van der Waals surface area contributed by atoms with E-state index in [0.29, 0.717) is 25.2 Å². The maximum Gasteiger partial charge on any atom is 0.243 e. The second-order valence-electron chi connectivity index (χ2n) is 5.41. The van der Waals surface area contributed by atoms with Gasteiger partial charge < -0.3 is 15.4 Å². The largest absolute Gasteiger partial charge is 0.347 e. The molecule has 2 amide bonds. The van der Waals surface area contributed by atoms with Crippen molar-refractivity contribution in [3.05, 3.63) is 35.9 Å². The van der Waals surface area contributed by atoms with Gasteiger partial charge in [-0.2, -0.15) is 0 Å². The molecule has 2 N–H and O–H groups in total. The Kier molecular flexibility index (Phi) is 7.15. The monoisotopic (exact) mass is 290 g/mol. The summed E-state index contributed by atoms with van der Waals surface area (Å²) in [5.41, 5.74) is 0.943. The third-order valence-corrected chi connectivity index (χ3v) is 3.09. The minimum atomic E-state index is -0.681. The van der Waals surface area contributed by atoms with Crippen LogP contribution in [-0.2, 0) is 20.8 Å². The number of rotatable bonds is 9. The zero-order valence-corrected chi connectivity index (χ0v) is 12.4. The van der Waals surface area contributed by atoms with Gasteiger partial charge in [-0.3, -0.25) is 9.59 Å². The zero-order valence-electron chi connectivity index (χ0n) is 12.4. The summed E-state index contributed by atoms with van der Waals surface area (Å²) in [5, 5.41) is 5.18. The van der Waals surface area contributed by atoms with Gasteiger partial charge in [0, 0.05) is 6.42 Å². The third-order valence-electron chi connectivity index (χ3n) is 3.09. The molecule has 0 aliphatic carbocycles. The first-order valence-corrected chi connectivity index (χ1v) is 7.06. The lowest BCUT2D eigenvalue weighted by Gasteiger charge is -2.20. The minimum absolute atomic E-state index is 0.298. The molecule has 0 saturated carbocycles. The van der Waals surface area contributed by atoms with E-state index in [2.05, 4.69) is 10.6 Å². The second kappa shape index (κ2) is 8.89. The van der Waals surface area contributed by atoms with Gasteiger partial charge in [0.2, 0.25) is 12.3 Å². The fraction of sp³-hybridized carbons (Fsp3) is 0.438. The lowest BCUT2D eigenvalue weighted by Crippen LogP contribution is -2.49.